The first-order chi connectivity index (χ1) is 6.79. The SMILES string of the molecule is CCOCOc1c(F)cccc1CO. The van der Waals surface area contributed by atoms with Crippen LogP contribution >= 0.6 is 0 Å². The summed E-state index contributed by atoms with van der Waals surface area (Å²) < 4.78 is 23.1. The molecule has 0 aromatic heterocycles. The van der Waals surface area contributed by atoms with Crippen LogP contribution in [-0.4, -0.2) is 18.5 Å². The molecule has 4 heteroatoms. The van der Waals surface area contributed by atoms with E-state index in [0.29, 0.717) is 12.2 Å². The van der Waals surface area contributed by atoms with E-state index in [2.05, 4.69) is 0 Å². The lowest BCUT2D eigenvalue weighted by Gasteiger charge is -2.10. The summed E-state index contributed by atoms with van der Waals surface area (Å²) in [4.78, 5) is 0. The van der Waals surface area contributed by atoms with Crippen LogP contribution in [0.5, 0.6) is 5.75 Å². The van der Waals surface area contributed by atoms with Gasteiger partial charge < -0.3 is 14.6 Å². The van der Waals surface area contributed by atoms with Crippen LogP contribution in [0.1, 0.15) is 12.5 Å². The number of halogens is 1. The van der Waals surface area contributed by atoms with Gasteiger partial charge in [0, 0.05) is 12.2 Å². The van der Waals surface area contributed by atoms with Crippen molar-refractivity contribution in [3.63, 3.8) is 0 Å². The topological polar surface area (TPSA) is 38.7 Å². The number of aliphatic hydroxyl groups excluding tert-OH is 1. The molecule has 0 spiro atoms. The molecule has 1 rings (SSSR count). The first kappa shape index (κ1) is 10.9. The molecule has 1 N–H and O–H groups in total. The van der Waals surface area contributed by atoms with E-state index in [1.165, 1.54) is 12.1 Å². The normalized spacial score (nSPS) is 10.2. The van der Waals surface area contributed by atoms with Crippen molar-refractivity contribution in [2.24, 2.45) is 0 Å². The second-order valence-corrected chi connectivity index (χ2v) is 2.64. The molecule has 3 nitrogen and oxygen atoms in total. The minimum Gasteiger partial charge on any atom is -0.464 e. The smallest absolute Gasteiger partial charge is 0.189 e. The zero-order chi connectivity index (χ0) is 10.4. The van der Waals surface area contributed by atoms with Crippen LogP contribution in [0.2, 0.25) is 0 Å². The van der Waals surface area contributed by atoms with Gasteiger partial charge in [-0.1, -0.05) is 12.1 Å². The molecule has 14 heavy (non-hydrogen) atoms. The molecule has 0 atom stereocenters. The Labute approximate surface area is 82.1 Å². The summed E-state index contributed by atoms with van der Waals surface area (Å²) in [5.74, 6) is -0.431. The molecule has 0 saturated heterocycles. The molecule has 0 unspecified atom stereocenters. The quantitative estimate of drug-likeness (QED) is 0.580. The molecule has 0 saturated carbocycles. The number of hydrogen-bond acceptors (Lipinski definition) is 3. The molecule has 0 heterocycles. The number of hydrogen-bond donors (Lipinski definition) is 1. The van der Waals surface area contributed by atoms with Crippen LogP contribution in [0.25, 0.3) is 0 Å². The Morgan fingerprint density at radius 1 is 1.43 bits per heavy atom. The Bertz CT molecular complexity index is 289. The standard InChI is InChI=1S/C10H13FO3/c1-2-13-7-14-10-8(6-12)4-3-5-9(10)11/h3-5,12H,2,6-7H2,1H3. The number of rotatable bonds is 5. The van der Waals surface area contributed by atoms with Crippen molar-refractivity contribution in [3.05, 3.63) is 29.6 Å². The highest BCUT2D eigenvalue weighted by Gasteiger charge is 2.08. The molecule has 78 valence electrons. The fourth-order valence-corrected chi connectivity index (χ4v) is 1.02. The molecule has 1 aromatic carbocycles. The first-order valence-electron chi connectivity index (χ1n) is 4.38. The number of ether oxygens (including phenoxy) is 2. The summed E-state index contributed by atoms with van der Waals surface area (Å²) in [5, 5.41) is 8.91. The van der Waals surface area contributed by atoms with E-state index in [1.807, 2.05) is 6.92 Å². The number of para-hydroxylation sites is 1. The summed E-state index contributed by atoms with van der Waals surface area (Å²) in [6.07, 6.45) is 0. The van der Waals surface area contributed by atoms with Gasteiger partial charge in [-0.25, -0.2) is 4.39 Å². The molecular formula is C10H13FO3. The van der Waals surface area contributed by atoms with Crippen molar-refractivity contribution in [1.29, 1.82) is 0 Å². The molecule has 0 aliphatic rings. The van der Waals surface area contributed by atoms with Gasteiger partial charge >= 0.3 is 0 Å². The second kappa shape index (κ2) is 5.57. The Morgan fingerprint density at radius 2 is 2.21 bits per heavy atom. The van der Waals surface area contributed by atoms with Crippen molar-refractivity contribution >= 4 is 0 Å². The second-order valence-electron chi connectivity index (χ2n) is 2.64. The van der Waals surface area contributed by atoms with Crippen molar-refractivity contribution < 1.29 is 19.0 Å². The molecule has 0 radical (unpaired) electrons. The predicted octanol–water partition coefficient (Wildman–Crippen LogP) is 1.69. The Morgan fingerprint density at radius 3 is 2.86 bits per heavy atom. The average molecular weight is 200 g/mol. The largest absolute Gasteiger partial charge is 0.464 e. The highest BCUT2D eigenvalue weighted by Crippen LogP contribution is 2.22. The van der Waals surface area contributed by atoms with E-state index in [-0.39, 0.29) is 19.1 Å². The lowest BCUT2D eigenvalue weighted by Crippen LogP contribution is -2.05. The Kier molecular flexibility index (Phi) is 4.35. The highest BCUT2D eigenvalue weighted by molar-refractivity contribution is 5.34. The van der Waals surface area contributed by atoms with Gasteiger partial charge in [-0.3, -0.25) is 0 Å². The lowest BCUT2D eigenvalue weighted by molar-refractivity contribution is 0.0188. The van der Waals surface area contributed by atoms with E-state index in [0.717, 1.165) is 0 Å². The zero-order valence-electron chi connectivity index (χ0n) is 8.00. The van der Waals surface area contributed by atoms with Gasteiger partial charge in [0.1, 0.15) is 0 Å². The molecule has 0 bridgehead atoms. The summed E-state index contributed by atoms with van der Waals surface area (Å²) in [6.45, 7) is 2.06. The monoisotopic (exact) mass is 200 g/mol. The van der Waals surface area contributed by atoms with Gasteiger partial charge in [0.15, 0.2) is 18.4 Å². The number of benzene rings is 1. The van der Waals surface area contributed by atoms with Gasteiger partial charge in [-0.15, -0.1) is 0 Å². The predicted molar refractivity (Wildman–Crippen MR) is 49.4 cm³/mol. The van der Waals surface area contributed by atoms with E-state index in [9.17, 15) is 4.39 Å². The minimum absolute atomic E-state index is 0.00949. The number of aliphatic hydroxyl groups is 1. The summed E-state index contributed by atoms with van der Waals surface area (Å²) in [5.41, 5.74) is 0.421. The molecule has 0 aliphatic heterocycles. The third-order valence-corrected chi connectivity index (χ3v) is 1.71. The maximum atomic E-state index is 13.2. The molecule has 0 amide bonds. The maximum absolute atomic E-state index is 13.2. The molecule has 1 aromatic rings. The van der Waals surface area contributed by atoms with Crippen molar-refractivity contribution in [1.82, 2.24) is 0 Å². The molecule has 0 aliphatic carbocycles. The third kappa shape index (κ3) is 2.68. The van der Waals surface area contributed by atoms with E-state index < -0.39 is 5.82 Å². The third-order valence-electron chi connectivity index (χ3n) is 1.71. The van der Waals surface area contributed by atoms with Crippen molar-refractivity contribution in [2.75, 3.05) is 13.4 Å². The first-order valence-corrected chi connectivity index (χ1v) is 4.38. The lowest BCUT2D eigenvalue weighted by atomic mass is 10.2. The van der Waals surface area contributed by atoms with E-state index in [4.69, 9.17) is 14.6 Å². The fourth-order valence-electron chi connectivity index (χ4n) is 1.02. The Balaban J connectivity index is 2.72. The van der Waals surface area contributed by atoms with Gasteiger partial charge in [-0.2, -0.15) is 0 Å². The van der Waals surface area contributed by atoms with Crippen LogP contribution in [0.3, 0.4) is 0 Å². The Hall–Kier alpha value is -1.13. The van der Waals surface area contributed by atoms with Gasteiger partial charge in [0.05, 0.1) is 6.61 Å². The van der Waals surface area contributed by atoms with Crippen LogP contribution in [0.15, 0.2) is 18.2 Å². The minimum atomic E-state index is -0.490. The molecule has 0 fully saturated rings. The molecular weight excluding hydrogens is 187 g/mol. The fraction of sp³-hybridized carbons (Fsp3) is 0.400. The van der Waals surface area contributed by atoms with Crippen LogP contribution in [0, 0.1) is 5.82 Å². The van der Waals surface area contributed by atoms with E-state index in [1.54, 1.807) is 6.07 Å². The summed E-state index contributed by atoms with van der Waals surface area (Å²) in [7, 11) is 0. The van der Waals surface area contributed by atoms with Crippen molar-refractivity contribution in [2.45, 2.75) is 13.5 Å². The summed E-state index contributed by atoms with van der Waals surface area (Å²) >= 11 is 0. The van der Waals surface area contributed by atoms with Crippen molar-refractivity contribution in [3.8, 4) is 5.75 Å². The van der Waals surface area contributed by atoms with Crippen LogP contribution in [0.4, 0.5) is 4.39 Å². The van der Waals surface area contributed by atoms with Crippen LogP contribution in [-0.2, 0) is 11.3 Å². The summed E-state index contributed by atoms with van der Waals surface area (Å²) in [6, 6.07) is 4.40. The zero-order valence-corrected chi connectivity index (χ0v) is 8.00. The van der Waals surface area contributed by atoms with Gasteiger partial charge in [0.2, 0.25) is 0 Å². The highest BCUT2D eigenvalue weighted by atomic mass is 19.1. The van der Waals surface area contributed by atoms with Gasteiger partial charge in [0.25, 0.3) is 0 Å². The van der Waals surface area contributed by atoms with Gasteiger partial charge in [-0.05, 0) is 13.0 Å². The van der Waals surface area contributed by atoms with Crippen LogP contribution < -0.4 is 4.74 Å². The van der Waals surface area contributed by atoms with E-state index >= 15 is 0 Å². The maximum Gasteiger partial charge on any atom is 0.189 e. The average Bonchev–Trinajstić information content (AvgIpc) is 2.20.